The maximum absolute atomic E-state index is 14.6. The second kappa shape index (κ2) is 17.0. The summed E-state index contributed by atoms with van der Waals surface area (Å²) in [5.41, 5.74) is 2.87. The van der Waals surface area contributed by atoms with Crippen LogP contribution < -0.4 is 19.1 Å². The number of hydrogen-bond acceptors (Lipinski definition) is 6. The third kappa shape index (κ3) is 9.08. The first-order valence-corrected chi connectivity index (χ1v) is 17.6. The molecule has 0 spiro atoms. The lowest BCUT2D eigenvalue weighted by Gasteiger charge is -2.34. The molecule has 0 saturated carbocycles. The maximum atomic E-state index is 14.6. The Morgan fingerprint density at radius 3 is 2.19 bits per heavy atom. The lowest BCUT2D eigenvalue weighted by molar-refractivity contribution is -0.140. The first kappa shape index (κ1) is 36.3. The highest BCUT2D eigenvalue weighted by molar-refractivity contribution is 7.92. The molecule has 0 heterocycles. The van der Waals surface area contributed by atoms with Crippen LogP contribution in [-0.4, -0.2) is 58.5 Å². The Hall–Kier alpha value is -4.54. The Kier molecular flexibility index (Phi) is 12.9. The molecule has 0 aliphatic rings. The third-order valence-corrected chi connectivity index (χ3v) is 10.1. The largest absolute Gasteiger partial charge is 0.493 e. The molecule has 1 atom stereocenters. The summed E-state index contributed by atoms with van der Waals surface area (Å²) in [6.45, 7) is 3.93. The predicted molar refractivity (Wildman–Crippen MR) is 189 cm³/mol. The number of carbonyl (C=O) groups is 2. The standard InChI is InChI=1S/C37H42ClN3O6S/c1-5-6-22-39-37(43)33(23-28-13-8-7-9-14-28)40(25-29-15-11-10-12-27(29)2)36(42)26-41(31-18-16-30(38)17-19-31)48(44,45)32-20-21-34(46-3)35(24-32)47-4/h7-21,24,33H,5-6,22-23,25-26H2,1-4H3,(H,39,43). The van der Waals surface area contributed by atoms with E-state index in [1.807, 2.05) is 68.4 Å². The molecule has 11 heteroatoms. The number of aryl methyl sites for hydroxylation is 1. The molecule has 4 aromatic carbocycles. The van der Waals surface area contributed by atoms with Crippen molar-refractivity contribution in [2.45, 2.75) is 50.6 Å². The molecular formula is C37H42ClN3O6S. The Balaban J connectivity index is 1.82. The number of nitrogens with zero attached hydrogens (tertiary/aromatic N) is 2. The number of unbranched alkanes of at least 4 members (excludes halogenated alkanes) is 1. The number of nitrogens with one attached hydrogen (secondary N) is 1. The van der Waals surface area contributed by atoms with Gasteiger partial charge in [0.05, 0.1) is 24.8 Å². The molecule has 0 fully saturated rings. The molecule has 1 N–H and O–H groups in total. The van der Waals surface area contributed by atoms with Crippen LogP contribution in [0.25, 0.3) is 0 Å². The molecule has 0 aliphatic heterocycles. The molecule has 2 amide bonds. The summed E-state index contributed by atoms with van der Waals surface area (Å²) in [7, 11) is -1.48. The highest BCUT2D eigenvalue weighted by Gasteiger charge is 2.35. The Morgan fingerprint density at radius 1 is 0.875 bits per heavy atom. The summed E-state index contributed by atoms with van der Waals surface area (Å²) in [5, 5.41) is 3.41. The number of sulfonamides is 1. The average molecular weight is 692 g/mol. The van der Waals surface area contributed by atoms with Gasteiger partial charge in [-0.2, -0.15) is 0 Å². The van der Waals surface area contributed by atoms with Crippen molar-refractivity contribution >= 4 is 39.1 Å². The highest BCUT2D eigenvalue weighted by Crippen LogP contribution is 2.33. The molecule has 254 valence electrons. The molecule has 48 heavy (non-hydrogen) atoms. The lowest BCUT2D eigenvalue weighted by Crippen LogP contribution is -2.53. The van der Waals surface area contributed by atoms with Crippen LogP contribution in [0.2, 0.25) is 5.02 Å². The average Bonchev–Trinajstić information content (AvgIpc) is 3.09. The minimum Gasteiger partial charge on any atom is -0.493 e. The van der Waals surface area contributed by atoms with E-state index in [0.29, 0.717) is 17.3 Å². The predicted octanol–water partition coefficient (Wildman–Crippen LogP) is 6.42. The van der Waals surface area contributed by atoms with Gasteiger partial charge in [-0.05, 0) is 66.4 Å². The fourth-order valence-electron chi connectivity index (χ4n) is 5.27. The van der Waals surface area contributed by atoms with E-state index in [4.69, 9.17) is 21.1 Å². The number of carbonyl (C=O) groups excluding carboxylic acids is 2. The zero-order valence-corrected chi connectivity index (χ0v) is 29.3. The van der Waals surface area contributed by atoms with Crippen molar-refractivity contribution in [3.63, 3.8) is 0 Å². The van der Waals surface area contributed by atoms with Gasteiger partial charge in [-0.3, -0.25) is 13.9 Å². The van der Waals surface area contributed by atoms with Gasteiger partial charge in [0.2, 0.25) is 11.8 Å². The van der Waals surface area contributed by atoms with Crippen LogP contribution >= 0.6 is 11.6 Å². The van der Waals surface area contributed by atoms with Crippen LogP contribution in [0.1, 0.15) is 36.5 Å². The van der Waals surface area contributed by atoms with Crippen molar-refractivity contribution in [3.05, 3.63) is 119 Å². The van der Waals surface area contributed by atoms with E-state index in [2.05, 4.69) is 5.32 Å². The topological polar surface area (TPSA) is 105 Å². The van der Waals surface area contributed by atoms with E-state index in [1.165, 1.54) is 37.3 Å². The molecule has 0 aliphatic carbocycles. The lowest BCUT2D eigenvalue weighted by atomic mass is 10.0. The summed E-state index contributed by atoms with van der Waals surface area (Å²) < 4.78 is 40.5. The van der Waals surface area contributed by atoms with Gasteiger partial charge < -0.3 is 19.7 Å². The minimum atomic E-state index is -4.35. The van der Waals surface area contributed by atoms with E-state index in [9.17, 15) is 18.0 Å². The monoisotopic (exact) mass is 691 g/mol. The SMILES string of the molecule is CCCCNC(=O)C(Cc1ccccc1)N(Cc1ccccc1C)C(=O)CN(c1ccc(Cl)cc1)S(=O)(=O)c1ccc(OC)c(OC)c1. The molecule has 0 aromatic heterocycles. The van der Waals surface area contributed by atoms with E-state index in [1.54, 1.807) is 24.3 Å². The van der Waals surface area contributed by atoms with Gasteiger partial charge in [0.15, 0.2) is 11.5 Å². The van der Waals surface area contributed by atoms with Gasteiger partial charge in [-0.1, -0.05) is 79.5 Å². The van der Waals surface area contributed by atoms with Crippen LogP contribution in [0.15, 0.2) is 102 Å². The molecule has 0 radical (unpaired) electrons. The van der Waals surface area contributed by atoms with Crippen LogP contribution in [0.5, 0.6) is 11.5 Å². The zero-order valence-electron chi connectivity index (χ0n) is 27.7. The molecule has 1 unspecified atom stereocenters. The normalized spacial score (nSPS) is 11.8. The van der Waals surface area contributed by atoms with Crippen molar-refractivity contribution < 1.29 is 27.5 Å². The van der Waals surface area contributed by atoms with Crippen molar-refractivity contribution in [2.24, 2.45) is 0 Å². The summed E-state index contributed by atoms with van der Waals surface area (Å²) >= 11 is 6.17. The number of hydrogen-bond donors (Lipinski definition) is 1. The number of halogens is 1. The van der Waals surface area contributed by atoms with Gasteiger partial charge in [0.25, 0.3) is 10.0 Å². The molecule has 4 rings (SSSR count). The van der Waals surface area contributed by atoms with Gasteiger partial charge in [-0.15, -0.1) is 0 Å². The second-order valence-electron chi connectivity index (χ2n) is 11.3. The van der Waals surface area contributed by atoms with Crippen molar-refractivity contribution in [2.75, 3.05) is 31.6 Å². The number of anilines is 1. The molecule has 0 saturated heterocycles. The number of ether oxygens (including phenoxy) is 2. The number of amides is 2. The van der Waals surface area contributed by atoms with Gasteiger partial charge in [-0.25, -0.2) is 8.42 Å². The number of rotatable bonds is 16. The van der Waals surface area contributed by atoms with E-state index < -0.39 is 28.5 Å². The van der Waals surface area contributed by atoms with Crippen molar-refractivity contribution in [1.29, 1.82) is 0 Å². The van der Waals surface area contributed by atoms with Gasteiger partial charge >= 0.3 is 0 Å². The van der Waals surface area contributed by atoms with Crippen molar-refractivity contribution in [1.82, 2.24) is 10.2 Å². The molecule has 9 nitrogen and oxygen atoms in total. The fraction of sp³-hybridized carbons (Fsp3) is 0.297. The second-order valence-corrected chi connectivity index (χ2v) is 13.6. The fourth-order valence-corrected chi connectivity index (χ4v) is 6.83. The summed E-state index contributed by atoms with van der Waals surface area (Å²) in [4.78, 5) is 29.9. The highest BCUT2D eigenvalue weighted by atomic mass is 35.5. The van der Waals surface area contributed by atoms with Crippen LogP contribution in [-0.2, 0) is 32.6 Å². The Labute approximate surface area is 288 Å². The quantitative estimate of drug-likeness (QED) is 0.136. The summed E-state index contributed by atoms with van der Waals surface area (Å²) in [5.74, 6) is -0.291. The van der Waals surface area contributed by atoms with E-state index >= 15 is 0 Å². The summed E-state index contributed by atoms with van der Waals surface area (Å²) in [6.07, 6.45) is 1.91. The number of methoxy groups -OCH3 is 2. The molecular weight excluding hydrogens is 650 g/mol. The minimum absolute atomic E-state index is 0.0923. The summed E-state index contributed by atoms with van der Waals surface area (Å²) in [6, 6.07) is 26.6. The Morgan fingerprint density at radius 2 is 1.54 bits per heavy atom. The third-order valence-electron chi connectivity index (χ3n) is 8.04. The van der Waals surface area contributed by atoms with Crippen LogP contribution in [0.4, 0.5) is 5.69 Å². The smallest absolute Gasteiger partial charge is 0.264 e. The van der Waals surface area contributed by atoms with Crippen LogP contribution in [0.3, 0.4) is 0 Å². The first-order valence-electron chi connectivity index (χ1n) is 15.7. The molecule has 0 bridgehead atoms. The van der Waals surface area contributed by atoms with Gasteiger partial charge in [0, 0.05) is 30.6 Å². The van der Waals surface area contributed by atoms with E-state index in [0.717, 1.165) is 33.8 Å². The van der Waals surface area contributed by atoms with E-state index in [-0.39, 0.29) is 35.2 Å². The number of benzene rings is 4. The van der Waals surface area contributed by atoms with Crippen molar-refractivity contribution in [3.8, 4) is 11.5 Å². The maximum Gasteiger partial charge on any atom is 0.264 e. The van der Waals surface area contributed by atoms with Crippen LogP contribution in [0, 0.1) is 6.92 Å². The zero-order chi connectivity index (χ0) is 34.7. The van der Waals surface area contributed by atoms with Gasteiger partial charge in [0.1, 0.15) is 12.6 Å². The Bertz CT molecular complexity index is 1780. The molecule has 4 aromatic rings. The first-order chi connectivity index (χ1) is 23.1.